The predicted octanol–water partition coefficient (Wildman–Crippen LogP) is 5.90. The summed E-state index contributed by atoms with van der Waals surface area (Å²) in [5, 5.41) is 9.55. The van der Waals surface area contributed by atoms with Crippen LogP contribution in [0.2, 0.25) is 0 Å². The van der Waals surface area contributed by atoms with Crippen LogP contribution in [0.5, 0.6) is 0 Å². The summed E-state index contributed by atoms with van der Waals surface area (Å²) in [6.45, 7) is 1.74. The number of nitrogens with zero attached hydrogens (tertiary/aromatic N) is 2. The molecular formula is C24H21N3O2S. The molecule has 2 aromatic carbocycles. The molecule has 0 spiro atoms. The van der Waals surface area contributed by atoms with Crippen LogP contribution in [0.25, 0.3) is 22.5 Å². The second-order valence-corrected chi connectivity index (χ2v) is 8.37. The number of anilines is 1. The number of carbonyl (C=O) groups excluding carboxylic acids is 1. The van der Waals surface area contributed by atoms with Crippen molar-refractivity contribution in [2.45, 2.75) is 32.6 Å². The average molecular weight is 416 g/mol. The first-order chi connectivity index (χ1) is 14.7. The molecule has 30 heavy (non-hydrogen) atoms. The summed E-state index contributed by atoms with van der Waals surface area (Å²) in [6, 6.07) is 16.1. The molecule has 4 aromatic rings. The Morgan fingerprint density at radius 2 is 1.83 bits per heavy atom. The number of fused-ring (bicyclic) bond motifs is 1. The van der Waals surface area contributed by atoms with Gasteiger partial charge >= 0.3 is 0 Å². The van der Waals surface area contributed by atoms with Crippen LogP contribution >= 0.6 is 11.3 Å². The second-order valence-electron chi connectivity index (χ2n) is 7.51. The zero-order valence-electron chi connectivity index (χ0n) is 16.6. The first-order valence-corrected chi connectivity index (χ1v) is 11.0. The topological polar surface area (TPSA) is 68.0 Å². The Balaban J connectivity index is 1.39. The smallest absolute Gasteiger partial charge is 0.263 e. The van der Waals surface area contributed by atoms with Gasteiger partial charge in [-0.05, 0) is 49.8 Å². The third-order valence-electron chi connectivity index (χ3n) is 5.51. The fraction of sp³-hybridized carbons (Fsp3) is 0.208. The Hall–Kier alpha value is -3.25. The Morgan fingerprint density at radius 1 is 1.03 bits per heavy atom. The summed E-state index contributed by atoms with van der Waals surface area (Å²) in [5.74, 6) is 0.219. The lowest BCUT2D eigenvalue weighted by Gasteiger charge is -2.16. The maximum Gasteiger partial charge on any atom is 0.263 e. The van der Waals surface area contributed by atoms with Crippen molar-refractivity contribution < 1.29 is 9.32 Å². The molecule has 1 aliphatic carbocycles. The number of hydrogen-bond acceptors (Lipinski definition) is 5. The number of hydrogen-bond donors (Lipinski definition) is 1. The zero-order chi connectivity index (χ0) is 20.5. The number of nitrogens with one attached hydrogen (secondary N) is 1. The van der Waals surface area contributed by atoms with Crippen molar-refractivity contribution in [2.24, 2.45) is 0 Å². The third-order valence-corrected chi connectivity index (χ3v) is 6.26. The van der Waals surface area contributed by atoms with Crippen molar-refractivity contribution in [1.82, 2.24) is 10.1 Å². The zero-order valence-corrected chi connectivity index (χ0v) is 17.5. The fourth-order valence-electron chi connectivity index (χ4n) is 3.95. The summed E-state index contributed by atoms with van der Waals surface area (Å²) in [6.07, 6.45) is 4.81. The molecule has 0 bridgehead atoms. The highest BCUT2D eigenvalue weighted by Crippen LogP contribution is 2.31. The Labute approximate surface area is 178 Å². The quantitative estimate of drug-likeness (QED) is 0.450. The minimum Gasteiger partial charge on any atom is -0.360 e. The van der Waals surface area contributed by atoms with Crippen molar-refractivity contribution in [1.29, 1.82) is 0 Å². The van der Waals surface area contributed by atoms with E-state index in [1.807, 2.05) is 35.7 Å². The highest BCUT2D eigenvalue weighted by molar-refractivity contribution is 7.14. The molecule has 0 atom stereocenters. The van der Waals surface area contributed by atoms with Gasteiger partial charge in [0.15, 0.2) is 5.13 Å². The average Bonchev–Trinajstić information content (AvgIpc) is 3.40. The van der Waals surface area contributed by atoms with Gasteiger partial charge in [-0.15, -0.1) is 11.3 Å². The lowest BCUT2D eigenvalue weighted by atomic mass is 9.90. The lowest BCUT2D eigenvalue weighted by Crippen LogP contribution is -2.13. The first-order valence-electron chi connectivity index (χ1n) is 10.1. The highest BCUT2D eigenvalue weighted by atomic mass is 32.1. The van der Waals surface area contributed by atoms with Gasteiger partial charge in [-0.2, -0.15) is 0 Å². The van der Waals surface area contributed by atoms with E-state index in [-0.39, 0.29) is 5.91 Å². The van der Waals surface area contributed by atoms with E-state index in [9.17, 15) is 4.79 Å². The molecule has 0 unspecified atom stereocenters. The van der Waals surface area contributed by atoms with Gasteiger partial charge < -0.3 is 4.52 Å². The maximum absolute atomic E-state index is 13.0. The van der Waals surface area contributed by atoms with Crippen LogP contribution in [0.4, 0.5) is 5.13 Å². The number of thiazole rings is 1. The van der Waals surface area contributed by atoms with E-state index in [4.69, 9.17) is 4.52 Å². The van der Waals surface area contributed by atoms with Crippen LogP contribution in [0.3, 0.4) is 0 Å². The highest BCUT2D eigenvalue weighted by Gasteiger charge is 2.22. The van der Waals surface area contributed by atoms with Crippen LogP contribution in [0.1, 0.15) is 40.1 Å². The molecule has 0 saturated carbocycles. The van der Waals surface area contributed by atoms with Crippen molar-refractivity contribution >= 4 is 22.4 Å². The Kier molecular flexibility index (Phi) is 4.93. The summed E-state index contributed by atoms with van der Waals surface area (Å²) in [7, 11) is 0. The standard InChI is InChI=1S/C24H21N3O2S/c1-15-21(22(27-29-15)17-8-3-2-4-9-17)23(28)26-24-25-20(14-30-24)19-12-11-16-7-5-6-10-18(16)13-19/h2-4,8-9,11-14H,5-7,10H2,1H3,(H,25,26,28). The molecule has 0 fully saturated rings. The number of aromatic nitrogens is 2. The second kappa shape index (κ2) is 7.88. The molecule has 5 nitrogen and oxygen atoms in total. The summed E-state index contributed by atoms with van der Waals surface area (Å²) >= 11 is 1.42. The monoisotopic (exact) mass is 415 g/mol. The maximum atomic E-state index is 13.0. The van der Waals surface area contributed by atoms with Crippen molar-refractivity contribution in [2.75, 3.05) is 5.32 Å². The van der Waals surface area contributed by atoms with Gasteiger partial charge in [-0.3, -0.25) is 10.1 Å². The SMILES string of the molecule is Cc1onc(-c2ccccc2)c1C(=O)Nc1nc(-c2ccc3c(c2)CCCC3)cs1. The molecule has 6 heteroatoms. The Bertz CT molecular complexity index is 1210. The van der Waals surface area contributed by atoms with Crippen molar-refractivity contribution in [3.63, 3.8) is 0 Å². The number of aryl methyl sites for hydroxylation is 3. The van der Waals surface area contributed by atoms with E-state index in [2.05, 4.69) is 33.7 Å². The molecular weight excluding hydrogens is 394 g/mol. The van der Waals surface area contributed by atoms with Crippen LogP contribution in [0.15, 0.2) is 58.4 Å². The predicted molar refractivity (Wildman–Crippen MR) is 119 cm³/mol. The van der Waals surface area contributed by atoms with E-state index < -0.39 is 0 Å². The van der Waals surface area contributed by atoms with Gasteiger partial charge in [-0.1, -0.05) is 47.6 Å². The van der Waals surface area contributed by atoms with Gasteiger partial charge in [0.05, 0.1) is 5.69 Å². The van der Waals surface area contributed by atoms with Crippen LogP contribution < -0.4 is 5.32 Å². The van der Waals surface area contributed by atoms with Gasteiger partial charge in [0.25, 0.3) is 5.91 Å². The third kappa shape index (κ3) is 3.55. The molecule has 0 saturated heterocycles. The number of carbonyl (C=O) groups is 1. The summed E-state index contributed by atoms with van der Waals surface area (Å²) < 4.78 is 5.31. The van der Waals surface area contributed by atoms with Gasteiger partial charge in [0.1, 0.15) is 17.0 Å². The molecule has 150 valence electrons. The van der Waals surface area contributed by atoms with Crippen LogP contribution in [-0.2, 0) is 12.8 Å². The summed E-state index contributed by atoms with van der Waals surface area (Å²) in [5.41, 5.74) is 6.67. The van der Waals surface area contributed by atoms with Crippen molar-refractivity contribution in [3.05, 3.63) is 76.4 Å². The van der Waals surface area contributed by atoms with E-state index in [0.29, 0.717) is 22.1 Å². The molecule has 2 heterocycles. The van der Waals surface area contributed by atoms with E-state index in [1.54, 1.807) is 6.92 Å². The largest absolute Gasteiger partial charge is 0.360 e. The van der Waals surface area contributed by atoms with Gasteiger partial charge in [0.2, 0.25) is 0 Å². The number of amides is 1. The van der Waals surface area contributed by atoms with Crippen LogP contribution in [0, 0.1) is 6.92 Å². The van der Waals surface area contributed by atoms with Gasteiger partial charge in [0, 0.05) is 16.5 Å². The first kappa shape index (κ1) is 18.8. The molecule has 5 rings (SSSR count). The molecule has 2 aromatic heterocycles. The molecule has 1 N–H and O–H groups in total. The molecule has 1 amide bonds. The number of benzene rings is 2. The minimum absolute atomic E-state index is 0.265. The summed E-state index contributed by atoms with van der Waals surface area (Å²) in [4.78, 5) is 17.6. The molecule has 0 radical (unpaired) electrons. The number of rotatable bonds is 4. The van der Waals surface area contributed by atoms with E-state index >= 15 is 0 Å². The van der Waals surface area contributed by atoms with E-state index in [0.717, 1.165) is 29.7 Å². The van der Waals surface area contributed by atoms with Crippen LogP contribution in [-0.4, -0.2) is 16.0 Å². The van der Waals surface area contributed by atoms with Gasteiger partial charge in [-0.25, -0.2) is 4.98 Å². The van der Waals surface area contributed by atoms with E-state index in [1.165, 1.54) is 35.3 Å². The lowest BCUT2D eigenvalue weighted by molar-refractivity contribution is 0.102. The van der Waals surface area contributed by atoms with Crippen molar-refractivity contribution in [3.8, 4) is 22.5 Å². The molecule has 1 aliphatic rings. The normalized spacial score (nSPS) is 13.1. The minimum atomic E-state index is -0.265. The Morgan fingerprint density at radius 3 is 2.67 bits per heavy atom. The fourth-order valence-corrected chi connectivity index (χ4v) is 4.66. The molecule has 0 aliphatic heterocycles.